The van der Waals surface area contributed by atoms with Crippen LogP contribution in [-0.2, 0) is 15.0 Å². The number of piperidine rings is 1. The average molecular weight is 741 g/mol. The first-order valence-electron chi connectivity index (χ1n) is 19.2. The van der Waals surface area contributed by atoms with Crippen molar-refractivity contribution < 1.29 is 23.5 Å². The fourth-order valence-corrected chi connectivity index (χ4v) is 9.04. The fraction of sp³-hybridized carbons (Fsp3) is 0.537. The van der Waals surface area contributed by atoms with E-state index in [4.69, 9.17) is 4.98 Å². The quantitative estimate of drug-likeness (QED) is 0.195. The number of hydrogen-bond donors (Lipinski definition) is 2. The van der Waals surface area contributed by atoms with E-state index in [1.165, 1.54) is 12.5 Å². The summed E-state index contributed by atoms with van der Waals surface area (Å²) in [5.41, 5.74) is 3.15. The highest BCUT2D eigenvalue weighted by Crippen LogP contribution is 2.52. The summed E-state index contributed by atoms with van der Waals surface area (Å²) in [6.07, 6.45) is 5.70. The van der Waals surface area contributed by atoms with Gasteiger partial charge in [-0.1, -0.05) is 26.0 Å². The van der Waals surface area contributed by atoms with Crippen molar-refractivity contribution in [2.45, 2.75) is 97.2 Å². The highest BCUT2D eigenvalue weighted by molar-refractivity contribution is 6.09. The molecule has 4 aromatic rings. The highest BCUT2D eigenvalue weighted by Gasteiger charge is 2.56. The summed E-state index contributed by atoms with van der Waals surface area (Å²) in [6.45, 7) is 14.9. The van der Waals surface area contributed by atoms with E-state index < -0.39 is 22.7 Å². The van der Waals surface area contributed by atoms with Crippen molar-refractivity contribution in [1.29, 1.82) is 0 Å². The van der Waals surface area contributed by atoms with Crippen LogP contribution in [0.15, 0.2) is 42.7 Å². The second-order valence-electron chi connectivity index (χ2n) is 17.6. The smallest absolute Gasteiger partial charge is 0.239 e. The van der Waals surface area contributed by atoms with Crippen LogP contribution >= 0.6 is 0 Å². The Morgan fingerprint density at radius 2 is 1.76 bits per heavy atom. The fourth-order valence-electron chi connectivity index (χ4n) is 9.04. The third kappa shape index (κ3) is 6.03. The zero-order chi connectivity index (χ0) is 38.3. The van der Waals surface area contributed by atoms with Gasteiger partial charge in [-0.15, -0.1) is 0 Å². The van der Waals surface area contributed by atoms with Crippen LogP contribution < -0.4 is 10.2 Å². The van der Waals surface area contributed by atoms with Crippen molar-refractivity contribution in [2.75, 3.05) is 43.0 Å². The molecule has 1 spiro atoms. The minimum Gasteiger partial charge on any atom is -0.395 e. The molecule has 3 aromatic heterocycles. The van der Waals surface area contributed by atoms with Crippen molar-refractivity contribution in [1.82, 2.24) is 29.3 Å². The number of carbonyl (C=O) groups is 2. The first-order chi connectivity index (χ1) is 25.6. The van der Waals surface area contributed by atoms with Crippen LogP contribution in [0.1, 0.15) is 85.3 Å². The molecule has 1 aromatic carbocycles. The summed E-state index contributed by atoms with van der Waals surface area (Å²) in [7, 11) is 0. The second-order valence-corrected chi connectivity index (χ2v) is 17.6. The molecule has 0 atom stereocenters. The Balaban J connectivity index is 1.17. The van der Waals surface area contributed by atoms with Gasteiger partial charge in [-0.05, 0) is 102 Å². The van der Waals surface area contributed by atoms with E-state index in [0.29, 0.717) is 59.9 Å². The molecule has 0 unspecified atom stereocenters. The van der Waals surface area contributed by atoms with Gasteiger partial charge in [0.2, 0.25) is 23.7 Å². The molecule has 3 aliphatic heterocycles. The lowest BCUT2D eigenvalue weighted by molar-refractivity contribution is -0.145. The van der Waals surface area contributed by atoms with Crippen molar-refractivity contribution in [2.24, 2.45) is 10.8 Å². The van der Waals surface area contributed by atoms with Crippen molar-refractivity contribution in [3.8, 4) is 11.3 Å². The van der Waals surface area contributed by atoms with E-state index in [1.54, 1.807) is 25.1 Å². The number of fused-ring (bicyclic) bond motifs is 3. The molecule has 2 saturated heterocycles. The van der Waals surface area contributed by atoms with Crippen molar-refractivity contribution in [3.05, 3.63) is 60.2 Å². The molecule has 4 aliphatic rings. The topological polar surface area (TPSA) is 120 Å². The number of rotatable bonds is 8. The number of aliphatic hydroxyl groups excluding tert-OH is 1. The van der Waals surface area contributed by atoms with E-state index in [9.17, 15) is 23.5 Å². The third-order valence-corrected chi connectivity index (χ3v) is 12.4. The molecule has 0 radical (unpaired) electrons. The first kappa shape index (κ1) is 36.5. The second kappa shape index (κ2) is 13.1. The predicted octanol–water partition coefficient (Wildman–Crippen LogP) is 6.58. The van der Waals surface area contributed by atoms with Gasteiger partial charge in [-0.25, -0.2) is 9.97 Å². The molecule has 11 nitrogen and oxygen atoms in total. The van der Waals surface area contributed by atoms with Crippen LogP contribution in [0.25, 0.3) is 22.3 Å². The Kier molecular flexibility index (Phi) is 8.83. The maximum atomic E-state index is 14.9. The summed E-state index contributed by atoms with van der Waals surface area (Å²) in [5, 5.41) is 12.9. The number of nitrogens with zero attached hydrogens (tertiary/aromatic N) is 7. The number of likely N-dealkylation sites (tertiary alicyclic amines) is 2. The number of halogens is 2. The molecule has 6 heterocycles. The van der Waals surface area contributed by atoms with E-state index >= 15 is 0 Å². The first-order valence-corrected chi connectivity index (χ1v) is 19.2. The summed E-state index contributed by atoms with van der Waals surface area (Å²) in [5.74, 6) is -1.55. The molecule has 0 bridgehead atoms. The maximum absolute atomic E-state index is 14.9. The van der Waals surface area contributed by atoms with E-state index in [2.05, 4.69) is 40.1 Å². The SMILES string of the molecule is CC(C)n1cnc2cc(-c3ccc4c(c3)N(C3CC(N5CCC(C)(C)C5)C3)C(=O)C43CCN(C(=O)C(C)(C)CO)CC3)nc(Nc3ccc(F)nc3F)c21. The lowest BCUT2D eigenvalue weighted by Gasteiger charge is -2.47. The zero-order valence-electron chi connectivity index (χ0n) is 32.0. The largest absolute Gasteiger partial charge is 0.395 e. The van der Waals surface area contributed by atoms with Gasteiger partial charge in [0.15, 0.2) is 5.82 Å². The van der Waals surface area contributed by atoms with Gasteiger partial charge in [0.05, 0.1) is 40.7 Å². The molecular weight excluding hydrogens is 691 g/mol. The normalized spacial score (nSPS) is 22.4. The number of imidazole rings is 1. The number of aromatic nitrogens is 4. The Morgan fingerprint density at radius 3 is 2.41 bits per heavy atom. The lowest BCUT2D eigenvalue weighted by Crippen LogP contribution is -2.58. The van der Waals surface area contributed by atoms with Crippen molar-refractivity contribution in [3.63, 3.8) is 0 Å². The Bertz CT molecular complexity index is 2130. The van der Waals surface area contributed by atoms with Crippen LogP contribution in [-0.4, -0.2) is 91.1 Å². The molecular formula is C41H50F2N8O3. The summed E-state index contributed by atoms with van der Waals surface area (Å²) >= 11 is 0. The Hall–Kier alpha value is -4.49. The van der Waals surface area contributed by atoms with Crippen LogP contribution in [0.3, 0.4) is 0 Å². The molecule has 8 rings (SSSR count). The minimum absolute atomic E-state index is 0.0142. The monoisotopic (exact) mass is 740 g/mol. The van der Waals surface area contributed by atoms with Crippen LogP contribution in [0.5, 0.6) is 0 Å². The number of hydrogen-bond acceptors (Lipinski definition) is 8. The maximum Gasteiger partial charge on any atom is 0.239 e. The number of amides is 2. The zero-order valence-corrected chi connectivity index (χ0v) is 32.0. The number of anilines is 3. The molecule has 54 heavy (non-hydrogen) atoms. The van der Waals surface area contributed by atoms with Gasteiger partial charge >= 0.3 is 0 Å². The van der Waals surface area contributed by atoms with Gasteiger partial charge in [-0.3, -0.25) is 14.5 Å². The third-order valence-electron chi connectivity index (χ3n) is 12.4. The van der Waals surface area contributed by atoms with Crippen LogP contribution in [0, 0.1) is 22.7 Å². The summed E-state index contributed by atoms with van der Waals surface area (Å²) in [6, 6.07) is 10.9. The van der Waals surface area contributed by atoms with E-state index in [-0.39, 0.29) is 36.2 Å². The number of nitrogens with one attached hydrogen (secondary N) is 1. The average Bonchev–Trinajstić information content (AvgIpc) is 3.78. The van der Waals surface area contributed by atoms with Crippen molar-refractivity contribution >= 4 is 40.0 Å². The molecule has 1 saturated carbocycles. The lowest BCUT2D eigenvalue weighted by atomic mass is 9.73. The minimum atomic E-state index is -0.980. The summed E-state index contributed by atoms with van der Waals surface area (Å²) in [4.78, 5) is 47.7. The number of aliphatic hydroxyl groups is 1. The number of pyridine rings is 2. The number of carbonyl (C=O) groups excluding carboxylic acids is 2. The standard InChI is InChI=1S/C41H50F2N8O3/c1-24(2)50-23-44-31-20-30(46-36(34(31)50)45-29-9-10-33(42)47-35(29)43)25-7-8-28-32(17-25)51(27-18-26(19-27)49-14-11-39(3,4)21-49)38(54)41(28)12-15-48(16-13-41)37(53)40(5,6)22-52/h7-10,17,20,23-24,26-27,52H,11-16,18-19,21-22H2,1-6H3,(H,45,46). The highest BCUT2D eigenvalue weighted by atomic mass is 19.1. The van der Waals surface area contributed by atoms with Gasteiger partial charge < -0.3 is 24.8 Å². The van der Waals surface area contributed by atoms with Crippen LogP contribution in [0.2, 0.25) is 0 Å². The summed E-state index contributed by atoms with van der Waals surface area (Å²) < 4.78 is 30.5. The van der Waals surface area contributed by atoms with Crippen LogP contribution in [0.4, 0.5) is 26.0 Å². The van der Waals surface area contributed by atoms with E-state index in [1.807, 2.05) is 41.5 Å². The number of benzene rings is 1. The molecule has 2 N–H and O–H groups in total. The van der Waals surface area contributed by atoms with Gasteiger partial charge in [0, 0.05) is 49.0 Å². The molecule has 286 valence electrons. The van der Waals surface area contributed by atoms with E-state index in [0.717, 1.165) is 48.8 Å². The molecule has 3 fully saturated rings. The van der Waals surface area contributed by atoms with Gasteiger partial charge in [0.25, 0.3) is 0 Å². The Morgan fingerprint density at radius 1 is 1.02 bits per heavy atom. The molecule has 2 amide bonds. The van der Waals surface area contributed by atoms with Gasteiger partial charge in [-0.2, -0.15) is 13.8 Å². The molecule has 1 aliphatic carbocycles. The predicted molar refractivity (Wildman–Crippen MR) is 203 cm³/mol. The van der Waals surface area contributed by atoms with Gasteiger partial charge in [0.1, 0.15) is 5.52 Å². The Labute approximate surface area is 314 Å². The molecule has 13 heteroatoms.